The van der Waals surface area contributed by atoms with Crippen LogP contribution in [0.15, 0.2) is 24.3 Å². The van der Waals surface area contributed by atoms with Gasteiger partial charge in [-0.15, -0.1) is 0 Å². The first kappa shape index (κ1) is 8.34. The van der Waals surface area contributed by atoms with Gasteiger partial charge in [-0.25, -0.2) is 0 Å². The molecule has 11 heavy (non-hydrogen) atoms. The van der Waals surface area contributed by atoms with E-state index in [-0.39, 0.29) is 5.25 Å². The van der Waals surface area contributed by atoms with E-state index in [0.717, 1.165) is 11.1 Å². The summed E-state index contributed by atoms with van der Waals surface area (Å²) in [6, 6.07) is 7.72. The molecule has 0 aliphatic rings. The molecule has 0 heterocycles. The lowest BCUT2D eigenvalue weighted by Gasteiger charge is -1.94. The Morgan fingerprint density at radius 3 is 2.36 bits per heavy atom. The van der Waals surface area contributed by atoms with Crippen LogP contribution in [0.5, 0.6) is 0 Å². The van der Waals surface area contributed by atoms with Crippen molar-refractivity contribution < 1.29 is 4.21 Å². The first-order valence-electron chi connectivity index (χ1n) is 3.44. The third-order valence-electron chi connectivity index (χ3n) is 1.59. The van der Waals surface area contributed by atoms with Crippen LogP contribution >= 0.6 is 0 Å². The molecule has 0 aliphatic carbocycles. The van der Waals surface area contributed by atoms with Gasteiger partial charge in [0.05, 0.1) is 0 Å². The van der Waals surface area contributed by atoms with Crippen molar-refractivity contribution >= 4 is 11.7 Å². The van der Waals surface area contributed by atoms with Gasteiger partial charge >= 0.3 is 11.7 Å². The zero-order valence-corrected chi connectivity index (χ0v) is 7.23. The van der Waals surface area contributed by atoms with Crippen molar-refractivity contribution in [2.45, 2.75) is 12.2 Å². The van der Waals surface area contributed by atoms with Crippen LogP contribution in [0.4, 0.5) is 0 Å². The van der Waals surface area contributed by atoms with Crippen LogP contribution in [-0.2, 0) is 15.9 Å². The van der Waals surface area contributed by atoms with Gasteiger partial charge in [0.2, 0.25) is 0 Å². The molecule has 0 fully saturated rings. The number of hydrogen-bond donors (Lipinski definition) is 0. The van der Waals surface area contributed by atoms with Crippen LogP contribution in [0.1, 0.15) is 23.3 Å². The van der Waals surface area contributed by atoms with Crippen molar-refractivity contribution in [3.8, 4) is 0 Å². The summed E-state index contributed by atoms with van der Waals surface area (Å²) < 4.78 is 10.4. The molecular weight excluding hydrogens is 156 g/mol. The summed E-state index contributed by atoms with van der Waals surface area (Å²) >= 11 is 0.613. The molecular formula is C9H10OS+. The van der Waals surface area contributed by atoms with E-state index < -0.39 is 0 Å². The Balaban J connectivity index is 2.89. The van der Waals surface area contributed by atoms with Crippen LogP contribution in [-0.4, -0.2) is 0 Å². The Morgan fingerprint density at radius 2 is 1.91 bits per heavy atom. The van der Waals surface area contributed by atoms with Crippen LogP contribution in [0.2, 0.25) is 0 Å². The van der Waals surface area contributed by atoms with Crippen molar-refractivity contribution in [1.29, 1.82) is 0 Å². The summed E-state index contributed by atoms with van der Waals surface area (Å²) in [4.78, 5) is 0. The van der Waals surface area contributed by atoms with Gasteiger partial charge in [0.15, 0.2) is 0 Å². The third kappa shape index (κ3) is 2.09. The smallest absolute Gasteiger partial charge is 0.0585 e. The quantitative estimate of drug-likeness (QED) is 0.616. The van der Waals surface area contributed by atoms with Gasteiger partial charge in [0.1, 0.15) is 0 Å². The highest BCUT2D eigenvalue weighted by molar-refractivity contribution is 7.65. The maximum atomic E-state index is 10.4. The highest BCUT2D eigenvalue weighted by Crippen LogP contribution is 2.14. The Labute approximate surface area is 70.9 Å². The van der Waals surface area contributed by atoms with E-state index in [0.29, 0.717) is 11.7 Å². The second-order valence-electron chi connectivity index (χ2n) is 2.48. The van der Waals surface area contributed by atoms with E-state index in [1.165, 1.54) is 0 Å². The summed E-state index contributed by atoms with van der Waals surface area (Å²) in [6.45, 7) is 5.66. The normalized spacial score (nSPS) is 12.5. The molecule has 57 valence electrons. The highest BCUT2D eigenvalue weighted by atomic mass is 32.1. The molecule has 2 heteroatoms. The Hall–Kier alpha value is -0.760. The van der Waals surface area contributed by atoms with Crippen molar-refractivity contribution in [1.82, 2.24) is 0 Å². The molecule has 1 aromatic rings. The van der Waals surface area contributed by atoms with E-state index >= 15 is 0 Å². The lowest BCUT2D eigenvalue weighted by Crippen LogP contribution is -1.89. The van der Waals surface area contributed by atoms with E-state index in [4.69, 9.17) is 0 Å². The molecule has 1 nitrogen and oxygen atoms in total. The molecule has 0 aromatic heterocycles. The van der Waals surface area contributed by atoms with Gasteiger partial charge in [0.25, 0.3) is 5.25 Å². The summed E-state index contributed by atoms with van der Waals surface area (Å²) in [5.74, 6) is 0. The molecule has 1 radical (unpaired) electrons. The minimum atomic E-state index is 0.0376. The predicted octanol–water partition coefficient (Wildman–Crippen LogP) is 2.36. The summed E-state index contributed by atoms with van der Waals surface area (Å²) in [7, 11) is 0. The number of rotatable bonds is 2. The van der Waals surface area contributed by atoms with E-state index in [2.05, 4.69) is 6.92 Å². The fraction of sp³-hybridized carbons (Fsp3) is 0.222. The Bertz CT molecular complexity index is 240. The summed E-state index contributed by atoms with van der Waals surface area (Å²) in [6.07, 6.45) is 0. The first-order valence-corrected chi connectivity index (χ1v) is 4.25. The fourth-order valence-electron chi connectivity index (χ4n) is 0.844. The van der Waals surface area contributed by atoms with Gasteiger partial charge in [-0.05, 0) is 12.5 Å². The topological polar surface area (TPSA) is 17.1 Å². The van der Waals surface area contributed by atoms with Crippen LogP contribution in [0.25, 0.3) is 0 Å². The zero-order valence-electron chi connectivity index (χ0n) is 6.41. The average Bonchev–Trinajstić information content (AvgIpc) is 2.05. The summed E-state index contributed by atoms with van der Waals surface area (Å²) in [5, 5.41) is 0.0376. The minimum absolute atomic E-state index is 0.0376. The van der Waals surface area contributed by atoms with Crippen LogP contribution < -0.4 is 0 Å². The largest absolute Gasteiger partial charge is 0.466 e. The highest BCUT2D eigenvalue weighted by Gasteiger charge is 2.15. The van der Waals surface area contributed by atoms with Crippen molar-refractivity contribution in [2.75, 3.05) is 0 Å². The van der Waals surface area contributed by atoms with Crippen molar-refractivity contribution in [3.05, 3.63) is 42.3 Å². The summed E-state index contributed by atoms with van der Waals surface area (Å²) in [5.41, 5.74) is 2.05. The molecule has 0 spiro atoms. The maximum absolute atomic E-state index is 10.4. The molecule has 1 rings (SSSR count). The molecule has 0 aliphatic heterocycles. The van der Waals surface area contributed by atoms with E-state index in [9.17, 15) is 4.21 Å². The Kier molecular flexibility index (Phi) is 2.71. The second kappa shape index (κ2) is 3.58. The van der Waals surface area contributed by atoms with E-state index in [1.54, 1.807) is 0 Å². The molecule has 0 bridgehead atoms. The van der Waals surface area contributed by atoms with E-state index in [1.807, 2.05) is 31.2 Å². The van der Waals surface area contributed by atoms with Gasteiger partial charge < -0.3 is 0 Å². The van der Waals surface area contributed by atoms with Crippen molar-refractivity contribution in [2.24, 2.45) is 0 Å². The molecule has 1 aromatic carbocycles. The SMILES string of the molecule is [CH2]c1ccc(C(C)[S+]=O)cc1. The standard InChI is InChI=1S/C9H10OS/c1-7-3-5-9(6-4-7)8(2)11-10/h3-6,8H,1H2,2H3/q+1. The molecule has 0 amide bonds. The van der Waals surface area contributed by atoms with Gasteiger partial charge in [-0.3, -0.25) is 0 Å². The number of hydrogen-bond acceptors (Lipinski definition) is 1. The van der Waals surface area contributed by atoms with Crippen LogP contribution in [0.3, 0.4) is 0 Å². The lowest BCUT2D eigenvalue weighted by atomic mass is 10.1. The Morgan fingerprint density at radius 1 is 1.36 bits per heavy atom. The fourth-order valence-corrected chi connectivity index (χ4v) is 1.11. The first-order chi connectivity index (χ1) is 5.24. The minimum Gasteiger partial charge on any atom is -0.0585 e. The average molecular weight is 166 g/mol. The maximum Gasteiger partial charge on any atom is 0.466 e. The van der Waals surface area contributed by atoms with Gasteiger partial charge in [-0.2, -0.15) is 0 Å². The molecule has 0 N–H and O–H groups in total. The lowest BCUT2D eigenvalue weighted by molar-refractivity contribution is 0.600. The molecule has 1 atom stereocenters. The number of benzene rings is 1. The predicted molar refractivity (Wildman–Crippen MR) is 47.4 cm³/mol. The zero-order chi connectivity index (χ0) is 8.27. The third-order valence-corrected chi connectivity index (χ3v) is 2.15. The molecule has 1 unspecified atom stereocenters. The van der Waals surface area contributed by atoms with Gasteiger partial charge in [0, 0.05) is 16.7 Å². The van der Waals surface area contributed by atoms with Crippen molar-refractivity contribution in [3.63, 3.8) is 0 Å². The monoisotopic (exact) mass is 166 g/mol. The van der Waals surface area contributed by atoms with Gasteiger partial charge in [-0.1, -0.05) is 24.3 Å². The molecule has 0 saturated carbocycles. The molecule has 0 saturated heterocycles. The van der Waals surface area contributed by atoms with Crippen LogP contribution in [0, 0.1) is 6.92 Å². The second-order valence-corrected chi connectivity index (χ2v) is 3.38.